The van der Waals surface area contributed by atoms with E-state index in [2.05, 4.69) is 15.5 Å². The van der Waals surface area contributed by atoms with E-state index in [1.165, 1.54) is 11.8 Å². The van der Waals surface area contributed by atoms with E-state index >= 15 is 0 Å². The molecule has 0 spiro atoms. The van der Waals surface area contributed by atoms with Crippen LogP contribution in [0, 0.1) is 0 Å². The molecule has 0 saturated carbocycles. The summed E-state index contributed by atoms with van der Waals surface area (Å²) in [4.78, 5) is 12.2. The first-order chi connectivity index (χ1) is 11.2. The molecular weight excluding hydrogens is 306 g/mol. The molecule has 4 nitrogen and oxygen atoms in total. The van der Waals surface area contributed by atoms with Crippen molar-refractivity contribution in [3.63, 3.8) is 0 Å². The predicted octanol–water partition coefficient (Wildman–Crippen LogP) is 3.60. The van der Waals surface area contributed by atoms with Gasteiger partial charge in [-0.2, -0.15) is 5.10 Å². The lowest BCUT2D eigenvalue weighted by Gasteiger charge is -2.14. The van der Waals surface area contributed by atoms with Gasteiger partial charge in [0.2, 0.25) is 5.91 Å². The van der Waals surface area contributed by atoms with Crippen LogP contribution in [0.25, 0.3) is 10.8 Å². The fourth-order valence-corrected chi connectivity index (χ4v) is 3.15. The van der Waals surface area contributed by atoms with Crippen LogP contribution in [0.5, 0.6) is 0 Å². The first-order valence-corrected chi connectivity index (χ1v) is 8.40. The third kappa shape index (κ3) is 3.87. The van der Waals surface area contributed by atoms with E-state index in [9.17, 15) is 4.79 Å². The standard InChI is InChI=1S/C18H17N3OS/c1-13(14-7-3-2-4-8-14)20-17(22)12-23-18-16-10-6-5-9-15(16)11-19-21-18/h2-11,13H,12H2,1H3,(H,20,22)/t13-/m1/s1. The molecule has 1 N–H and O–H groups in total. The van der Waals surface area contributed by atoms with Crippen LogP contribution in [0.15, 0.2) is 65.8 Å². The number of rotatable bonds is 5. The minimum Gasteiger partial charge on any atom is -0.349 e. The Hall–Kier alpha value is -2.40. The molecule has 23 heavy (non-hydrogen) atoms. The van der Waals surface area contributed by atoms with Crippen LogP contribution in [-0.4, -0.2) is 21.9 Å². The van der Waals surface area contributed by atoms with Crippen LogP contribution in [0.1, 0.15) is 18.5 Å². The molecule has 1 aromatic heterocycles. The summed E-state index contributed by atoms with van der Waals surface area (Å²) in [5.74, 6) is 0.306. The van der Waals surface area contributed by atoms with Crippen LogP contribution in [0.3, 0.4) is 0 Å². The third-order valence-corrected chi connectivity index (χ3v) is 4.54. The summed E-state index contributed by atoms with van der Waals surface area (Å²) in [6.07, 6.45) is 1.73. The van der Waals surface area contributed by atoms with Gasteiger partial charge in [-0.15, -0.1) is 5.10 Å². The number of hydrogen-bond donors (Lipinski definition) is 1. The van der Waals surface area contributed by atoms with Crippen LogP contribution < -0.4 is 5.32 Å². The monoisotopic (exact) mass is 323 g/mol. The molecule has 116 valence electrons. The van der Waals surface area contributed by atoms with Gasteiger partial charge in [-0.05, 0) is 12.5 Å². The second-order valence-corrected chi connectivity index (χ2v) is 6.19. The number of benzene rings is 2. The molecule has 0 unspecified atom stereocenters. The fraction of sp³-hybridized carbons (Fsp3) is 0.167. The van der Waals surface area contributed by atoms with Crippen LogP contribution in [0.2, 0.25) is 0 Å². The van der Waals surface area contributed by atoms with E-state index in [4.69, 9.17) is 0 Å². The minimum absolute atomic E-state index is 0.0112. The number of thioether (sulfide) groups is 1. The first kappa shape index (κ1) is 15.5. The van der Waals surface area contributed by atoms with Crippen molar-refractivity contribution >= 4 is 28.4 Å². The molecule has 3 rings (SSSR count). The summed E-state index contributed by atoms with van der Waals surface area (Å²) in [6.45, 7) is 1.98. The summed E-state index contributed by atoms with van der Waals surface area (Å²) in [6, 6.07) is 17.8. The topological polar surface area (TPSA) is 54.9 Å². The maximum Gasteiger partial charge on any atom is 0.230 e. The van der Waals surface area contributed by atoms with Crippen LogP contribution in [-0.2, 0) is 4.79 Å². The van der Waals surface area contributed by atoms with Crippen molar-refractivity contribution in [3.8, 4) is 0 Å². The van der Waals surface area contributed by atoms with E-state index in [1.807, 2.05) is 61.5 Å². The van der Waals surface area contributed by atoms with Crippen molar-refractivity contribution in [2.75, 3.05) is 5.75 Å². The number of amides is 1. The number of nitrogens with zero attached hydrogens (tertiary/aromatic N) is 2. The molecule has 2 aromatic carbocycles. The van der Waals surface area contributed by atoms with E-state index < -0.39 is 0 Å². The average Bonchev–Trinajstić information content (AvgIpc) is 2.60. The molecule has 0 saturated heterocycles. The Morgan fingerprint density at radius 2 is 1.87 bits per heavy atom. The molecule has 0 bridgehead atoms. The molecule has 3 aromatic rings. The number of nitrogens with one attached hydrogen (secondary N) is 1. The highest BCUT2D eigenvalue weighted by Gasteiger charge is 2.11. The number of aromatic nitrogens is 2. The van der Waals surface area contributed by atoms with E-state index in [1.54, 1.807) is 6.20 Å². The van der Waals surface area contributed by atoms with Crippen molar-refractivity contribution in [2.24, 2.45) is 0 Å². The molecule has 1 amide bonds. The molecular formula is C18H17N3OS. The zero-order chi connectivity index (χ0) is 16.1. The van der Waals surface area contributed by atoms with E-state index in [-0.39, 0.29) is 11.9 Å². The highest BCUT2D eigenvalue weighted by molar-refractivity contribution is 8.00. The van der Waals surface area contributed by atoms with Gasteiger partial charge in [-0.25, -0.2) is 0 Å². The molecule has 0 radical (unpaired) electrons. The Bertz CT molecular complexity index is 802. The molecule has 0 aliphatic carbocycles. The second-order valence-electron chi connectivity index (χ2n) is 5.23. The lowest BCUT2D eigenvalue weighted by molar-refractivity contribution is -0.119. The van der Waals surface area contributed by atoms with Crippen molar-refractivity contribution in [2.45, 2.75) is 18.0 Å². The van der Waals surface area contributed by atoms with Gasteiger partial charge in [-0.3, -0.25) is 4.79 Å². The largest absolute Gasteiger partial charge is 0.349 e. The molecule has 0 aliphatic heterocycles. The van der Waals surface area contributed by atoms with Gasteiger partial charge in [0.15, 0.2) is 0 Å². The van der Waals surface area contributed by atoms with Crippen molar-refractivity contribution in [1.29, 1.82) is 0 Å². The van der Waals surface area contributed by atoms with Gasteiger partial charge in [-0.1, -0.05) is 66.4 Å². The average molecular weight is 323 g/mol. The van der Waals surface area contributed by atoms with Gasteiger partial charge >= 0.3 is 0 Å². The van der Waals surface area contributed by atoms with Crippen LogP contribution >= 0.6 is 11.8 Å². The van der Waals surface area contributed by atoms with E-state index in [0.29, 0.717) is 5.75 Å². The van der Waals surface area contributed by atoms with Crippen LogP contribution in [0.4, 0.5) is 0 Å². The predicted molar refractivity (Wildman–Crippen MR) is 93.3 cm³/mol. The maximum atomic E-state index is 12.2. The molecule has 1 atom stereocenters. The lowest BCUT2D eigenvalue weighted by atomic mass is 10.1. The smallest absolute Gasteiger partial charge is 0.230 e. The van der Waals surface area contributed by atoms with E-state index in [0.717, 1.165) is 21.4 Å². The van der Waals surface area contributed by atoms with Crippen molar-refractivity contribution < 1.29 is 4.79 Å². The van der Waals surface area contributed by atoms with Gasteiger partial charge in [0, 0.05) is 10.8 Å². The number of fused-ring (bicyclic) bond motifs is 1. The summed E-state index contributed by atoms with van der Waals surface area (Å²) < 4.78 is 0. The van der Waals surface area contributed by atoms with Crippen molar-refractivity contribution in [3.05, 3.63) is 66.4 Å². The maximum absolute atomic E-state index is 12.2. The highest BCUT2D eigenvalue weighted by Crippen LogP contribution is 2.24. The minimum atomic E-state index is -0.0129. The van der Waals surface area contributed by atoms with Gasteiger partial charge in [0.05, 0.1) is 18.0 Å². The Morgan fingerprint density at radius 1 is 1.13 bits per heavy atom. The SMILES string of the molecule is C[C@@H](NC(=O)CSc1nncc2ccccc12)c1ccccc1. The van der Waals surface area contributed by atoms with Crippen molar-refractivity contribution in [1.82, 2.24) is 15.5 Å². The third-order valence-electron chi connectivity index (χ3n) is 3.55. The van der Waals surface area contributed by atoms with Gasteiger partial charge < -0.3 is 5.32 Å². The second kappa shape index (κ2) is 7.24. The Balaban J connectivity index is 1.62. The zero-order valence-electron chi connectivity index (χ0n) is 12.8. The molecule has 1 heterocycles. The number of hydrogen-bond acceptors (Lipinski definition) is 4. The summed E-state index contributed by atoms with van der Waals surface area (Å²) in [5.41, 5.74) is 1.09. The zero-order valence-corrected chi connectivity index (χ0v) is 13.6. The summed E-state index contributed by atoms with van der Waals surface area (Å²) in [7, 11) is 0. The molecule has 0 fully saturated rings. The highest BCUT2D eigenvalue weighted by atomic mass is 32.2. The Morgan fingerprint density at radius 3 is 2.70 bits per heavy atom. The Kier molecular flexibility index (Phi) is 4.88. The summed E-state index contributed by atoms with van der Waals surface area (Å²) >= 11 is 1.41. The first-order valence-electron chi connectivity index (χ1n) is 7.41. The molecule has 0 aliphatic rings. The Labute approximate surface area is 139 Å². The van der Waals surface area contributed by atoms with Gasteiger partial charge in [0.1, 0.15) is 5.03 Å². The molecule has 5 heteroatoms. The summed E-state index contributed by atoms with van der Waals surface area (Å²) in [5, 5.41) is 14.0. The fourth-order valence-electron chi connectivity index (χ4n) is 2.35. The number of carbonyl (C=O) groups excluding carboxylic acids is 1. The quantitative estimate of drug-likeness (QED) is 0.729. The van der Waals surface area contributed by atoms with Gasteiger partial charge in [0.25, 0.3) is 0 Å². The normalized spacial score (nSPS) is 12.0. The number of carbonyl (C=O) groups is 1. The lowest BCUT2D eigenvalue weighted by Crippen LogP contribution is -2.28.